The van der Waals surface area contributed by atoms with Crippen molar-refractivity contribution in [1.29, 1.82) is 0 Å². The maximum atomic E-state index is 5.53. The molecule has 1 fully saturated rings. The first-order valence-corrected chi connectivity index (χ1v) is 5.68. The number of aromatic nitrogens is 1. The first kappa shape index (κ1) is 9.89. The van der Waals surface area contributed by atoms with Crippen LogP contribution in [-0.4, -0.2) is 30.8 Å². The zero-order valence-electron chi connectivity index (χ0n) is 8.27. The highest BCUT2D eigenvalue weighted by Gasteiger charge is 2.21. The van der Waals surface area contributed by atoms with E-state index in [1.807, 2.05) is 5.38 Å². The summed E-state index contributed by atoms with van der Waals surface area (Å²) in [5.74, 6) is 0. The van der Waals surface area contributed by atoms with Crippen LogP contribution in [0, 0.1) is 0 Å². The molecule has 0 aliphatic carbocycles. The van der Waals surface area contributed by atoms with Crippen molar-refractivity contribution in [2.75, 3.05) is 24.7 Å². The van der Waals surface area contributed by atoms with Crippen molar-refractivity contribution < 1.29 is 4.74 Å². The van der Waals surface area contributed by atoms with E-state index in [9.17, 15) is 0 Å². The van der Waals surface area contributed by atoms with Gasteiger partial charge in [0.05, 0.1) is 24.9 Å². The van der Waals surface area contributed by atoms with E-state index in [0.717, 1.165) is 30.6 Å². The Morgan fingerprint density at radius 1 is 1.79 bits per heavy atom. The molecule has 2 N–H and O–H groups in total. The Labute approximate surface area is 87.7 Å². The lowest BCUT2D eigenvalue weighted by Gasteiger charge is -2.32. The number of morpholine rings is 1. The molecular formula is C9H15N3OS. The maximum absolute atomic E-state index is 5.53. The molecule has 1 saturated heterocycles. The van der Waals surface area contributed by atoms with E-state index in [2.05, 4.69) is 16.8 Å². The summed E-state index contributed by atoms with van der Waals surface area (Å²) >= 11 is 1.66. The average Bonchev–Trinajstić information content (AvgIpc) is 2.67. The largest absolute Gasteiger partial charge is 0.377 e. The van der Waals surface area contributed by atoms with Crippen LogP contribution >= 0.6 is 11.3 Å². The summed E-state index contributed by atoms with van der Waals surface area (Å²) in [5, 5.41) is 3.10. The molecule has 1 aliphatic heterocycles. The van der Waals surface area contributed by atoms with Crippen LogP contribution in [0.5, 0.6) is 0 Å². The van der Waals surface area contributed by atoms with Crippen molar-refractivity contribution >= 4 is 16.5 Å². The second kappa shape index (κ2) is 4.25. The molecule has 0 amide bonds. The summed E-state index contributed by atoms with van der Waals surface area (Å²) in [7, 11) is 0. The van der Waals surface area contributed by atoms with Gasteiger partial charge in [-0.15, -0.1) is 11.3 Å². The first-order valence-electron chi connectivity index (χ1n) is 4.80. The summed E-state index contributed by atoms with van der Waals surface area (Å²) in [5.41, 5.74) is 6.50. The van der Waals surface area contributed by atoms with E-state index in [1.54, 1.807) is 11.3 Å². The zero-order valence-corrected chi connectivity index (χ0v) is 9.09. The van der Waals surface area contributed by atoms with E-state index in [4.69, 9.17) is 10.5 Å². The third-order valence-corrected chi connectivity index (χ3v) is 3.29. The van der Waals surface area contributed by atoms with Gasteiger partial charge in [0.15, 0.2) is 5.13 Å². The molecule has 2 rings (SSSR count). The lowest BCUT2D eigenvalue weighted by Crippen LogP contribution is -2.43. The molecule has 78 valence electrons. The zero-order chi connectivity index (χ0) is 9.97. The number of nitrogens with zero attached hydrogens (tertiary/aromatic N) is 2. The minimum atomic E-state index is 0.417. The molecule has 14 heavy (non-hydrogen) atoms. The molecule has 0 aromatic carbocycles. The Bertz CT molecular complexity index is 302. The Kier molecular flexibility index (Phi) is 3.00. The summed E-state index contributed by atoms with van der Waals surface area (Å²) in [6.45, 7) is 5.19. The first-order chi connectivity index (χ1) is 6.81. The van der Waals surface area contributed by atoms with Gasteiger partial charge >= 0.3 is 0 Å². The van der Waals surface area contributed by atoms with E-state index < -0.39 is 0 Å². The number of ether oxygens (including phenoxy) is 1. The van der Waals surface area contributed by atoms with Crippen LogP contribution in [0.2, 0.25) is 0 Å². The molecule has 0 bridgehead atoms. The van der Waals surface area contributed by atoms with Crippen LogP contribution < -0.4 is 10.6 Å². The Hall–Kier alpha value is -0.650. The van der Waals surface area contributed by atoms with E-state index in [1.165, 1.54) is 0 Å². The van der Waals surface area contributed by atoms with Crippen LogP contribution in [0.4, 0.5) is 5.13 Å². The van der Waals surface area contributed by atoms with Crippen LogP contribution in [0.1, 0.15) is 12.6 Å². The molecular weight excluding hydrogens is 198 g/mol. The van der Waals surface area contributed by atoms with E-state index in [0.29, 0.717) is 12.6 Å². The fraction of sp³-hybridized carbons (Fsp3) is 0.667. The number of hydrogen-bond acceptors (Lipinski definition) is 5. The third-order valence-electron chi connectivity index (χ3n) is 2.36. The van der Waals surface area contributed by atoms with Crippen LogP contribution in [0.15, 0.2) is 5.38 Å². The standard InChI is InChI=1S/C9H15N3OS/c1-7-5-13-3-2-12(7)9-11-8(4-10)6-14-9/h6-7H,2-5,10H2,1H3. The molecule has 0 spiro atoms. The Balaban J connectivity index is 2.12. The predicted molar refractivity (Wildman–Crippen MR) is 57.6 cm³/mol. The molecule has 4 nitrogen and oxygen atoms in total. The number of thiazole rings is 1. The molecule has 1 aliphatic rings. The van der Waals surface area contributed by atoms with Crippen molar-refractivity contribution in [2.45, 2.75) is 19.5 Å². The molecule has 1 atom stereocenters. The smallest absolute Gasteiger partial charge is 0.185 e. The molecule has 5 heteroatoms. The normalized spacial score (nSPS) is 22.7. The van der Waals surface area contributed by atoms with Gasteiger partial charge in [-0.25, -0.2) is 4.98 Å². The fourth-order valence-corrected chi connectivity index (χ4v) is 2.50. The summed E-state index contributed by atoms with van der Waals surface area (Å²) in [4.78, 5) is 6.75. The molecule has 1 unspecified atom stereocenters. The number of nitrogens with two attached hydrogens (primary N) is 1. The Morgan fingerprint density at radius 3 is 3.29 bits per heavy atom. The van der Waals surface area contributed by atoms with Gasteiger partial charge in [-0.1, -0.05) is 0 Å². The third kappa shape index (κ3) is 1.89. The van der Waals surface area contributed by atoms with Crippen molar-refractivity contribution in [3.05, 3.63) is 11.1 Å². The van der Waals surface area contributed by atoms with Gasteiger partial charge in [0.2, 0.25) is 0 Å². The van der Waals surface area contributed by atoms with Crippen molar-refractivity contribution in [3.63, 3.8) is 0 Å². The monoisotopic (exact) mass is 213 g/mol. The lowest BCUT2D eigenvalue weighted by molar-refractivity contribution is 0.0989. The van der Waals surface area contributed by atoms with Gasteiger partial charge in [-0.3, -0.25) is 0 Å². The average molecular weight is 213 g/mol. The van der Waals surface area contributed by atoms with Crippen LogP contribution in [0.25, 0.3) is 0 Å². The van der Waals surface area contributed by atoms with Gasteiger partial charge in [0.25, 0.3) is 0 Å². The highest BCUT2D eigenvalue weighted by Crippen LogP contribution is 2.23. The number of anilines is 1. The second-order valence-electron chi connectivity index (χ2n) is 3.44. The van der Waals surface area contributed by atoms with E-state index >= 15 is 0 Å². The highest BCUT2D eigenvalue weighted by atomic mass is 32.1. The summed E-state index contributed by atoms with van der Waals surface area (Å²) in [6.07, 6.45) is 0. The molecule has 1 aromatic heterocycles. The van der Waals surface area contributed by atoms with Gasteiger partial charge in [0, 0.05) is 18.5 Å². The molecule has 0 saturated carbocycles. The fourth-order valence-electron chi connectivity index (χ4n) is 1.53. The van der Waals surface area contributed by atoms with Crippen LogP contribution in [0.3, 0.4) is 0 Å². The number of rotatable bonds is 2. The van der Waals surface area contributed by atoms with Gasteiger partial charge in [-0.2, -0.15) is 0 Å². The Morgan fingerprint density at radius 2 is 2.64 bits per heavy atom. The summed E-state index contributed by atoms with van der Waals surface area (Å²) in [6, 6.07) is 0.417. The van der Waals surface area contributed by atoms with E-state index in [-0.39, 0.29) is 0 Å². The number of hydrogen-bond donors (Lipinski definition) is 1. The lowest BCUT2D eigenvalue weighted by atomic mass is 10.3. The molecule has 0 radical (unpaired) electrons. The van der Waals surface area contributed by atoms with Crippen molar-refractivity contribution in [1.82, 2.24) is 4.98 Å². The van der Waals surface area contributed by atoms with Crippen LogP contribution in [-0.2, 0) is 11.3 Å². The maximum Gasteiger partial charge on any atom is 0.185 e. The summed E-state index contributed by atoms with van der Waals surface area (Å²) < 4.78 is 5.38. The minimum absolute atomic E-state index is 0.417. The quantitative estimate of drug-likeness (QED) is 0.790. The van der Waals surface area contributed by atoms with Gasteiger partial charge in [0.1, 0.15) is 0 Å². The second-order valence-corrected chi connectivity index (χ2v) is 4.28. The topological polar surface area (TPSA) is 51.4 Å². The van der Waals surface area contributed by atoms with Crippen molar-refractivity contribution in [3.8, 4) is 0 Å². The minimum Gasteiger partial charge on any atom is -0.377 e. The molecule has 1 aromatic rings. The van der Waals surface area contributed by atoms with Gasteiger partial charge < -0.3 is 15.4 Å². The highest BCUT2D eigenvalue weighted by molar-refractivity contribution is 7.13. The predicted octanol–water partition coefficient (Wildman–Crippen LogP) is 0.827. The van der Waals surface area contributed by atoms with Gasteiger partial charge in [-0.05, 0) is 6.92 Å². The molecule has 2 heterocycles. The SMILES string of the molecule is CC1COCCN1c1nc(CN)cs1. The van der Waals surface area contributed by atoms with Crippen molar-refractivity contribution in [2.24, 2.45) is 5.73 Å².